The monoisotopic (exact) mass is 1300 g/mol. The number of aliphatic hydroxyl groups is 1. The molecule has 3 N–H and O–H groups in total. The SMILES string of the molecule is CCCCCCCCCCCCCCCC(=O)OC[C@H](COP(=O)(O)OC[C@@H](O)COP(=O)(O)OC[C@@H](COC(=O)CCCCCCCCCCC)OC(=O)CCCCCCCCCCCCCC)OC(=O)CCCCCCCCCCCCCC(C)C. The zero-order valence-electron chi connectivity index (χ0n) is 56.9. The van der Waals surface area contributed by atoms with Gasteiger partial charge in [0.1, 0.15) is 19.3 Å². The molecule has 19 heteroatoms. The molecule has 0 aromatic carbocycles. The fourth-order valence-corrected chi connectivity index (χ4v) is 12.0. The summed E-state index contributed by atoms with van der Waals surface area (Å²) in [6.07, 6.45) is 48.4. The molecular weight excluding hydrogens is 1160 g/mol. The molecule has 522 valence electrons. The second-order valence-corrected chi connectivity index (χ2v) is 28.3. The molecule has 0 saturated heterocycles. The minimum atomic E-state index is -4.95. The van der Waals surface area contributed by atoms with E-state index < -0.39 is 97.5 Å². The van der Waals surface area contributed by atoms with E-state index in [1.807, 2.05) is 0 Å². The summed E-state index contributed by atoms with van der Waals surface area (Å²) < 4.78 is 68.2. The average molecular weight is 1300 g/mol. The Bertz CT molecular complexity index is 1700. The highest BCUT2D eigenvalue weighted by atomic mass is 31.2. The van der Waals surface area contributed by atoms with Crippen LogP contribution in [0.15, 0.2) is 0 Å². The van der Waals surface area contributed by atoms with Crippen molar-refractivity contribution >= 4 is 39.5 Å². The molecule has 0 spiro atoms. The summed E-state index contributed by atoms with van der Waals surface area (Å²) in [5.74, 6) is -1.36. The van der Waals surface area contributed by atoms with Crippen molar-refractivity contribution < 1.29 is 80.2 Å². The maximum atomic E-state index is 13.0. The smallest absolute Gasteiger partial charge is 0.462 e. The quantitative estimate of drug-likeness (QED) is 0.0222. The fraction of sp³-hybridized carbons (Fsp3) is 0.942. The van der Waals surface area contributed by atoms with E-state index in [-0.39, 0.29) is 25.7 Å². The second-order valence-electron chi connectivity index (χ2n) is 25.4. The van der Waals surface area contributed by atoms with Gasteiger partial charge in [-0.25, -0.2) is 9.13 Å². The van der Waals surface area contributed by atoms with Crippen LogP contribution in [0.3, 0.4) is 0 Å². The Morgan fingerprint density at radius 1 is 0.307 bits per heavy atom. The number of hydrogen-bond donors (Lipinski definition) is 3. The van der Waals surface area contributed by atoms with Gasteiger partial charge in [-0.3, -0.25) is 37.3 Å². The lowest BCUT2D eigenvalue weighted by molar-refractivity contribution is -0.161. The summed E-state index contributed by atoms with van der Waals surface area (Å²) in [5, 5.41) is 10.6. The van der Waals surface area contributed by atoms with Crippen LogP contribution < -0.4 is 0 Å². The summed E-state index contributed by atoms with van der Waals surface area (Å²) in [5.41, 5.74) is 0. The van der Waals surface area contributed by atoms with Gasteiger partial charge < -0.3 is 33.8 Å². The number of carbonyl (C=O) groups is 4. The molecule has 0 aromatic heterocycles. The predicted octanol–water partition coefficient (Wildman–Crippen LogP) is 19.7. The Hall–Kier alpha value is -1.94. The molecule has 0 aliphatic rings. The molecule has 17 nitrogen and oxygen atoms in total. The number of ether oxygens (including phenoxy) is 4. The van der Waals surface area contributed by atoms with E-state index in [0.717, 1.165) is 95.8 Å². The predicted molar refractivity (Wildman–Crippen MR) is 354 cm³/mol. The van der Waals surface area contributed by atoms with Crippen molar-refractivity contribution in [2.75, 3.05) is 39.6 Å². The number of carbonyl (C=O) groups excluding carboxylic acids is 4. The molecule has 0 saturated carbocycles. The van der Waals surface area contributed by atoms with Crippen molar-refractivity contribution in [3.05, 3.63) is 0 Å². The van der Waals surface area contributed by atoms with Gasteiger partial charge in [0.15, 0.2) is 12.2 Å². The first-order valence-electron chi connectivity index (χ1n) is 36.1. The maximum absolute atomic E-state index is 13.0. The zero-order chi connectivity index (χ0) is 64.9. The molecule has 2 unspecified atom stereocenters. The minimum absolute atomic E-state index is 0.107. The van der Waals surface area contributed by atoms with E-state index in [4.69, 9.17) is 37.0 Å². The van der Waals surface area contributed by atoms with Crippen molar-refractivity contribution in [3.8, 4) is 0 Å². The van der Waals surface area contributed by atoms with Gasteiger partial charge in [0.05, 0.1) is 26.4 Å². The summed E-state index contributed by atoms with van der Waals surface area (Å²) >= 11 is 0. The van der Waals surface area contributed by atoms with Crippen LogP contribution in [0.4, 0.5) is 0 Å². The second kappa shape index (κ2) is 62.5. The standard InChI is InChI=1S/C69H134O17P2/c1-6-9-12-15-18-21-23-25-29-33-38-43-48-53-67(72)80-59-65(86-69(74)55-50-45-40-35-30-26-27-32-36-41-46-51-62(4)5)61-84-88(77,78)82-57-63(70)56-81-87(75,76)83-60-64(58-79-66(71)52-47-42-37-31-20-17-14-11-8-3)85-68(73)54-49-44-39-34-28-24-22-19-16-13-10-7-2/h62-65,70H,6-61H2,1-5H3,(H,75,76)(H,77,78)/t63-,64+,65+/m0/s1. The van der Waals surface area contributed by atoms with E-state index in [2.05, 4.69) is 34.6 Å². The molecule has 0 rings (SSSR count). The number of esters is 4. The summed E-state index contributed by atoms with van der Waals surface area (Å²) in [4.78, 5) is 72.5. The van der Waals surface area contributed by atoms with Gasteiger partial charge in [-0.15, -0.1) is 0 Å². The van der Waals surface area contributed by atoms with Crippen LogP contribution in [-0.2, 0) is 65.4 Å². The number of rotatable bonds is 69. The van der Waals surface area contributed by atoms with Gasteiger partial charge in [-0.1, -0.05) is 304 Å². The minimum Gasteiger partial charge on any atom is -0.462 e. The lowest BCUT2D eigenvalue weighted by Crippen LogP contribution is -2.30. The fourth-order valence-electron chi connectivity index (χ4n) is 10.5. The highest BCUT2D eigenvalue weighted by Crippen LogP contribution is 2.45. The first kappa shape index (κ1) is 86.1. The number of aliphatic hydroxyl groups excluding tert-OH is 1. The van der Waals surface area contributed by atoms with Crippen molar-refractivity contribution in [2.45, 2.75) is 374 Å². The van der Waals surface area contributed by atoms with Gasteiger partial charge in [0.25, 0.3) is 0 Å². The maximum Gasteiger partial charge on any atom is 0.472 e. The zero-order valence-corrected chi connectivity index (χ0v) is 58.6. The van der Waals surface area contributed by atoms with Gasteiger partial charge in [-0.05, 0) is 31.6 Å². The highest BCUT2D eigenvalue weighted by Gasteiger charge is 2.30. The van der Waals surface area contributed by atoms with Crippen LogP contribution in [0.2, 0.25) is 0 Å². The molecule has 0 fully saturated rings. The molecule has 0 aliphatic heterocycles. The van der Waals surface area contributed by atoms with Gasteiger partial charge in [0, 0.05) is 25.7 Å². The van der Waals surface area contributed by atoms with Gasteiger partial charge >= 0.3 is 39.5 Å². The molecule has 0 bridgehead atoms. The Kier molecular flexibility index (Phi) is 61.1. The van der Waals surface area contributed by atoms with E-state index in [0.29, 0.717) is 25.7 Å². The first-order valence-corrected chi connectivity index (χ1v) is 39.1. The molecule has 0 aromatic rings. The molecule has 0 amide bonds. The number of phosphoric ester groups is 2. The van der Waals surface area contributed by atoms with Gasteiger partial charge in [-0.2, -0.15) is 0 Å². The first-order chi connectivity index (χ1) is 42.5. The summed E-state index contributed by atoms with van der Waals surface area (Å²) in [6.45, 7) is 7.23. The largest absolute Gasteiger partial charge is 0.472 e. The lowest BCUT2D eigenvalue weighted by Gasteiger charge is -2.21. The van der Waals surface area contributed by atoms with Gasteiger partial charge in [0.2, 0.25) is 0 Å². The van der Waals surface area contributed by atoms with E-state index in [9.17, 15) is 43.2 Å². The van der Waals surface area contributed by atoms with E-state index in [1.54, 1.807) is 0 Å². The normalized spacial score (nSPS) is 14.1. The lowest BCUT2D eigenvalue weighted by atomic mass is 10.0. The van der Waals surface area contributed by atoms with Crippen LogP contribution in [0.5, 0.6) is 0 Å². The van der Waals surface area contributed by atoms with E-state index in [1.165, 1.54) is 180 Å². The number of hydrogen-bond acceptors (Lipinski definition) is 15. The third kappa shape index (κ3) is 62.8. The van der Waals surface area contributed by atoms with Crippen molar-refractivity contribution in [1.82, 2.24) is 0 Å². The highest BCUT2D eigenvalue weighted by molar-refractivity contribution is 7.47. The van der Waals surface area contributed by atoms with Crippen LogP contribution in [0, 0.1) is 5.92 Å². The topological polar surface area (TPSA) is 237 Å². The molecular formula is C69H134O17P2. The summed E-state index contributed by atoms with van der Waals surface area (Å²) in [7, 11) is -9.89. The van der Waals surface area contributed by atoms with Crippen molar-refractivity contribution in [1.29, 1.82) is 0 Å². The average Bonchev–Trinajstić information content (AvgIpc) is 3.54. The van der Waals surface area contributed by atoms with Crippen molar-refractivity contribution in [2.24, 2.45) is 5.92 Å². The third-order valence-electron chi connectivity index (χ3n) is 16.0. The number of phosphoric acid groups is 2. The van der Waals surface area contributed by atoms with Crippen LogP contribution >= 0.6 is 15.6 Å². The molecule has 0 radical (unpaired) electrons. The van der Waals surface area contributed by atoms with E-state index >= 15 is 0 Å². The Labute approximate surface area is 537 Å². The van der Waals surface area contributed by atoms with Crippen LogP contribution in [0.25, 0.3) is 0 Å². The molecule has 0 aliphatic carbocycles. The molecule has 88 heavy (non-hydrogen) atoms. The Balaban J connectivity index is 5.24. The molecule has 5 atom stereocenters. The Morgan fingerprint density at radius 3 is 0.773 bits per heavy atom. The third-order valence-corrected chi connectivity index (χ3v) is 17.9. The Morgan fingerprint density at radius 2 is 0.523 bits per heavy atom. The molecule has 0 heterocycles. The summed E-state index contributed by atoms with van der Waals surface area (Å²) in [6, 6.07) is 0. The van der Waals surface area contributed by atoms with Crippen LogP contribution in [-0.4, -0.2) is 96.7 Å². The van der Waals surface area contributed by atoms with Crippen molar-refractivity contribution in [3.63, 3.8) is 0 Å². The van der Waals surface area contributed by atoms with Crippen LogP contribution in [0.1, 0.15) is 356 Å². The number of unbranched alkanes of at least 4 members (excludes halogenated alkanes) is 41.